The molecular weight excluding hydrogens is 548 g/mol. The third-order valence-corrected chi connectivity index (χ3v) is 6.32. The van der Waals surface area contributed by atoms with Gasteiger partial charge < -0.3 is 30.4 Å². The number of thiocyanates is 1. The first-order valence-corrected chi connectivity index (χ1v) is 15.6. The third kappa shape index (κ3) is 23.7. The van der Waals surface area contributed by atoms with Crippen molar-refractivity contribution in [2.75, 3.05) is 70.5 Å². The van der Waals surface area contributed by atoms with Gasteiger partial charge in [0.2, 0.25) is 11.8 Å². The van der Waals surface area contributed by atoms with E-state index in [-0.39, 0.29) is 23.7 Å². The summed E-state index contributed by atoms with van der Waals surface area (Å²) in [6, 6.07) is 8.62. The minimum Gasteiger partial charge on any atom is -0.391 e. The highest BCUT2D eigenvalue weighted by Gasteiger charge is 2.21. The molecule has 2 fully saturated rings. The molecular formula is C32H54N6O3S. The van der Waals surface area contributed by atoms with Gasteiger partial charge in [-0.1, -0.05) is 39.0 Å². The summed E-state index contributed by atoms with van der Waals surface area (Å²) in [6.07, 6.45) is 9.14. The van der Waals surface area contributed by atoms with Crippen molar-refractivity contribution in [2.45, 2.75) is 60.0 Å². The molecule has 2 aliphatic heterocycles. The molecule has 1 aromatic carbocycles. The number of likely N-dealkylation sites (N-methyl/N-ethyl adjacent to an activating group) is 1. The fraction of sp³-hybridized carbons (Fsp3) is 0.594. The molecule has 1 unspecified atom stereocenters. The monoisotopic (exact) mass is 602 g/mol. The molecule has 0 radical (unpaired) electrons. The number of carbonyl (C=O) groups is 2. The van der Waals surface area contributed by atoms with E-state index in [2.05, 4.69) is 84.5 Å². The molecule has 0 saturated carbocycles. The highest BCUT2D eigenvalue weighted by molar-refractivity contribution is 8.04. The van der Waals surface area contributed by atoms with E-state index in [1.165, 1.54) is 51.6 Å². The van der Waals surface area contributed by atoms with Crippen LogP contribution in [0.2, 0.25) is 0 Å². The van der Waals surface area contributed by atoms with Crippen LogP contribution in [0.1, 0.15) is 53.0 Å². The van der Waals surface area contributed by atoms with Crippen LogP contribution in [0.4, 0.5) is 5.69 Å². The molecule has 0 spiro atoms. The lowest BCUT2D eigenvalue weighted by atomic mass is 10.1. The molecule has 3 N–H and O–H groups in total. The summed E-state index contributed by atoms with van der Waals surface area (Å²) in [7, 11) is 2.20. The molecule has 10 heteroatoms. The number of nitriles is 1. The van der Waals surface area contributed by atoms with Crippen LogP contribution in [-0.4, -0.2) is 103 Å². The summed E-state index contributed by atoms with van der Waals surface area (Å²) in [5, 5.41) is 24.4. The van der Waals surface area contributed by atoms with Gasteiger partial charge in [0.15, 0.2) is 0 Å². The van der Waals surface area contributed by atoms with Crippen molar-refractivity contribution in [1.82, 2.24) is 20.0 Å². The zero-order chi connectivity index (χ0) is 32.2. The fourth-order valence-corrected chi connectivity index (χ4v) is 3.92. The molecule has 0 aromatic heterocycles. The van der Waals surface area contributed by atoms with Gasteiger partial charge in [0, 0.05) is 65.0 Å². The Morgan fingerprint density at radius 2 is 1.74 bits per heavy atom. The van der Waals surface area contributed by atoms with E-state index in [0.29, 0.717) is 13.1 Å². The van der Waals surface area contributed by atoms with Crippen LogP contribution in [0, 0.1) is 23.0 Å². The van der Waals surface area contributed by atoms with Crippen LogP contribution >= 0.6 is 11.8 Å². The van der Waals surface area contributed by atoms with Crippen molar-refractivity contribution < 1.29 is 14.7 Å². The SMILES string of the molecule is C#CC.C=CNc1ccc(CCN2CCN(C)CC2)cc1.CC(=O)N1CCC(O)C1.CCC.CCNC(=O)CSC#N. The molecule has 42 heavy (non-hydrogen) atoms. The quantitative estimate of drug-likeness (QED) is 0.302. The lowest BCUT2D eigenvalue weighted by Crippen LogP contribution is -2.45. The Morgan fingerprint density at radius 1 is 1.17 bits per heavy atom. The van der Waals surface area contributed by atoms with Crippen molar-refractivity contribution in [2.24, 2.45) is 0 Å². The highest BCUT2D eigenvalue weighted by atomic mass is 32.2. The minimum atomic E-state index is -0.283. The summed E-state index contributed by atoms with van der Waals surface area (Å²) < 4.78 is 0. The number of rotatable bonds is 8. The van der Waals surface area contributed by atoms with Gasteiger partial charge in [-0.2, -0.15) is 5.26 Å². The van der Waals surface area contributed by atoms with Crippen molar-refractivity contribution >= 4 is 29.3 Å². The number of amides is 2. The molecule has 1 atom stereocenters. The highest BCUT2D eigenvalue weighted by Crippen LogP contribution is 2.11. The van der Waals surface area contributed by atoms with Crippen molar-refractivity contribution in [3.05, 3.63) is 42.6 Å². The molecule has 1 aromatic rings. The number of aliphatic hydroxyl groups is 1. The Kier molecular flexibility index (Phi) is 27.5. The Hall–Kier alpha value is -3.02. The number of carbonyl (C=O) groups excluding carboxylic acids is 2. The van der Waals surface area contributed by atoms with Crippen LogP contribution in [-0.2, 0) is 16.0 Å². The molecule has 2 heterocycles. The Labute approximate surface area is 259 Å². The Morgan fingerprint density at radius 3 is 2.14 bits per heavy atom. The van der Waals surface area contributed by atoms with Gasteiger partial charge in [0.25, 0.3) is 0 Å². The van der Waals surface area contributed by atoms with Gasteiger partial charge in [-0.3, -0.25) is 9.59 Å². The lowest BCUT2D eigenvalue weighted by molar-refractivity contribution is -0.128. The van der Waals surface area contributed by atoms with Crippen LogP contribution in [0.25, 0.3) is 0 Å². The third-order valence-electron chi connectivity index (χ3n) is 5.79. The number of β-amino-alcohol motifs (C(OH)–C–C–N with tert-alkyl or cyclic N) is 1. The summed E-state index contributed by atoms with van der Waals surface area (Å²) in [5.74, 6) is 2.47. The summed E-state index contributed by atoms with van der Waals surface area (Å²) >= 11 is 0.950. The first kappa shape index (κ1) is 41.1. The van der Waals surface area contributed by atoms with Gasteiger partial charge >= 0.3 is 0 Å². The predicted molar refractivity (Wildman–Crippen MR) is 178 cm³/mol. The van der Waals surface area contributed by atoms with Crippen LogP contribution in [0.5, 0.6) is 0 Å². The second-order valence-electron chi connectivity index (χ2n) is 9.68. The fourth-order valence-electron chi connectivity index (χ4n) is 3.62. The standard InChI is InChI=1S/C15H23N3.C6H11NO2.C5H8N2OS.C3H8.C3H4/c1-3-16-15-6-4-14(5-7-15)8-9-18-12-10-17(2)11-13-18;1-5(8)7-3-2-6(9)4-7;1-2-7-5(8)3-9-4-6;2*1-3-2/h3-7,16H,1,8-13H2,2H3;6,9H,2-4H2,1H3;2-3H2,1H3,(H,7,8);3H2,1-2H3;1H,2H3. The van der Waals surface area contributed by atoms with E-state index in [1.54, 1.807) is 18.0 Å². The number of hydrogen-bond donors (Lipinski definition) is 3. The van der Waals surface area contributed by atoms with Crippen LogP contribution in [0.15, 0.2) is 37.0 Å². The van der Waals surface area contributed by atoms with Gasteiger partial charge in [-0.25, -0.2) is 0 Å². The average Bonchev–Trinajstić information content (AvgIpc) is 3.41. The van der Waals surface area contributed by atoms with Crippen molar-refractivity contribution in [1.29, 1.82) is 5.26 Å². The number of nitrogens with one attached hydrogen (secondary N) is 2. The van der Waals surface area contributed by atoms with Gasteiger partial charge in [0.1, 0.15) is 5.40 Å². The topological polar surface area (TPSA) is 112 Å². The number of anilines is 1. The summed E-state index contributed by atoms with van der Waals surface area (Å²) in [6.45, 7) is 20.8. The number of aliphatic hydroxyl groups excluding tert-OH is 1. The van der Waals surface area contributed by atoms with E-state index < -0.39 is 0 Å². The number of nitrogens with zero attached hydrogens (tertiary/aromatic N) is 4. The molecule has 0 aliphatic carbocycles. The molecule has 2 saturated heterocycles. The summed E-state index contributed by atoms with van der Waals surface area (Å²) in [4.78, 5) is 27.7. The molecule has 9 nitrogen and oxygen atoms in total. The number of benzene rings is 1. The molecule has 2 amide bonds. The van der Waals surface area contributed by atoms with Crippen molar-refractivity contribution in [3.8, 4) is 17.7 Å². The van der Waals surface area contributed by atoms with Crippen LogP contribution < -0.4 is 10.6 Å². The maximum atomic E-state index is 10.6. The second-order valence-corrected chi connectivity index (χ2v) is 10.4. The summed E-state index contributed by atoms with van der Waals surface area (Å²) in [5.41, 5.74) is 2.51. The molecule has 0 bridgehead atoms. The molecule has 2 aliphatic rings. The largest absolute Gasteiger partial charge is 0.391 e. The van der Waals surface area contributed by atoms with E-state index >= 15 is 0 Å². The zero-order valence-corrected chi connectivity index (χ0v) is 27.5. The minimum absolute atomic E-state index is 0.0616. The lowest BCUT2D eigenvalue weighted by Gasteiger charge is -2.32. The smallest absolute Gasteiger partial charge is 0.231 e. The second kappa shape index (κ2) is 28.1. The molecule has 236 valence electrons. The predicted octanol–water partition coefficient (Wildman–Crippen LogP) is 4.02. The first-order valence-electron chi connectivity index (χ1n) is 14.6. The molecule has 3 rings (SSSR count). The van der Waals surface area contributed by atoms with E-state index in [0.717, 1.165) is 36.8 Å². The van der Waals surface area contributed by atoms with Gasteiger partial charge in [0.05, 0.1) is 11.9 Å². The van der Waals surface area contributed by atoms with Gasteiger partial charge in [-0.05, 0) is 69.4 Å². The first-order chi connectivity index (χ1) is 20.1. The average molecular weight is 603 g/mol. The number of thioether (sulfide) groups is 1. The maximum Gasteiger partial charge on any atom is 0.231 e. The Bertz CT molecular complexity index is 922. The number of piperazine rings is 1. The van der Waals surface area contributed by atoms with E-state index in [4.69, 9.17) is 10.4 Å². The van der Waals surface area contributed by atoms with Crippen LogP contribution in [0.3, 0.4) is 0 Å². The maximum absolute atomic E-state index is 10.6. The normalized spacial score (nSPS) is 15.6. The zero-order valence-electron chi connectivity index (χ0n) is 26.7. The van der Waals surface area contributed by atoms with Crippen molar-refractivity contribution in [3.63, 3.8) is 0 Å². The van der Waals surface area contributed by atoms with E-state index in [1.807, 2.05) is 12.3 Å². The Balaban J connectivity index is 0. The van der Waals surface area contributed by atoms with Gasteiger partial charge in [-0.15, -0.1) is 12.3 Å². The number of likely N-dealkylation sites (tertiary alicyclic amines) is 1. The van der Waals surface area contributed by atoms with E-state index in [9.17, 15) is 9.59 Å². The number of hydrogen-bond acceptors (Lipinski definition) is 8. The number of terminal acetylenes is 1.